The molecule has 0 amide bonds. The van der Waals surface area contributed by atoms with Gasteiger partial charge in [-0.15, -0.1) is 0 Å². The Hall–Kier alpha value is -4.79. The zero-order chi connectivity index (χ0) is 39.7. The molecule has 6 rings (SSSR count). The Balaban J connectivity index is 1.44. The topological polar surface area (TPSA) is 129 Å². The van der Waals surface area contributed by atoms with Crippen LogP contribution < -0.4 is 16.0 Å². The molecule has 0 spiro atoms. The Morgan fingerprint density at radius 2 is 1.60 bits per heavy atom. The van der Waals surface area contributed by atoms with E-state index in [1.807, 2.05) is 13.0 Å². The number of rotatable bonds is 13. The van der Waals surface area contributed by atoms with Crippen LogP contribution >= 0.6 is 0 Å². The highest BCUT2D eigenvalue weighted by Gasteiger charge is 2.48. The number of carbonyl (C=O) groups is 3. The lowest BCUT2D eigenvalue weighted by molar-refractivity contribution is -0.143. The molecule has 0 unspecified atom stereocenters. The predicted octanol–water partition coefficient (Wildman–Crippen LogP) is 7.77. The van der Waals surface area contributed by atoms with E-state index in [4.69, 9.17) is 9.47 Å². The summed E-state index contributed by atoms with van der Waals surface area (Å²) in [6.07, 6.45) is 15.4. The Morgan fingerprint density at radius 1 is 0.891 bits per heavy atom. The minimum atomic E-state index is -1.12. The number of methoxy groups -OCH3 is 1. The lowest BCUT2D eigenvalue weighted by Gasteiger charge is -2.19. The van der Waals surface area contributed by atoms with Crippen LogP contribution in [0.5, 0.6) is 0 Å². The van der Waals surface area contributed by atoms with Crippen LogP contribution in [-0.2, 0) is 31.9 Å². The van der Waals surface area contributed by atoms with Gasteiger partial charge in [0.15, 0.2) is 5.78 Å². The van der Waals surface area contributed by atoms with Crippen LogP contribution in [0, 0.1) is 44.4 Å². The Bertz CT molecular complexity index is 2220. The largest absolute Gasteiger partial charge is 0.468 e. The van der Waals surface area contributed by atoms with Crippen LogP contribution in [0.2, 0.25) is 0 Å². The number of ether oxygens (including phenoxy) is 2. The van der Waals surface area contributed by atoms with Crippen LogP contribution in [0.25, 0.3) is 23.8 Å². The van der Waals surface area contributed by atoms with Gasteiger partial charge in [-0.25, -0.2) is 0 Å². The summed E-state index contributed by atoms with van der Waals surface area (Å²) in [5.41, 5.74) is 13.2. The van der Waals surface area contributed by atoms with Gasteiger partial charge in [-0.2, -0.15) is 0 Å². The average molecular weight is 749 g/mol. The number of nitrogens with one attached hydrogen (secondary N) is 4. The summed E-state index contributed by atoms with van der Waals surface area (Å²) in [6.45, 7) is 19.6. The van der Waals surface area contributed by atoms with E-state index in [9.17, 15) is 14.4 Å². The van der Waals surface area contributed by atoms with Gasteiger partial charge in [0.1, 0.15) is 12.5 Å². The first kappa shape index (κ1) is 39.9. The Morgan fingerprint density at radius 3 is 2.29 bits per heavy atom. The summed E-state index contributed by atoms with van der Waals surface area (Å²) in [7, 11) is 1.33. The van der Waals surface area contributed by atoms with Crippen molar-refractivity contribution in [2.45, 2.75) is 114 Å². The van der Waals surface area contributed by atoms with E-state index in [2.05, 4.69) is 93.9 Å². The van der Waals surface area contributed by atoms with E-state index in [0.29, 0.717) is 23.3 Å². The molecule has 3 aliphatic rings. The second kappa shape index (κ2) is 16.5. The molecule has 1 fully saturated rings. The maximum atomic E-state index is 14.3. The number of hydrogen-bond donors (Lipinski definition) is 4. The van der Waals surface area contributed by atoms with Crippen molar-refractivity contribution in [1.29, 1.82) is 0 Å². The van der Waals surface area contributed by atoms with E-state index in [-0.39, 0.29) is 36.6 Å². The molecule has 8 bridgehead atoms. The molecule has 0 aromatic carbocycles. The van der Waals surface area contributed by atoms with Crippen molar-refractivity contribution < 1.29 is 23.9 Å². The molecule has 294 valence electrons. The van der Waals surface area contributed by atoms with Crippen LogP contribution in [0.15, 0.2) is 23.0 Å². The van der Waals surface area contributed by atoms with Gasteiger partial charge >= 0.3 is 11.9 Å². The van der Waals surface area contributed by atoms with Gasteiger partial charge in [0.25, 0.3) is 0 Å². The number of aromatic amines is 3. The molecule has 1 aliphatic carbocycles. The molecule has 0 radical (unpaired) electrons. The highest BCUT2D eigenvalue weighted by atomic mass is 16.5. The standard InChI is InChI=1S/C46H60N4O5/c1-11-24(4)15-14-16-25(5)19-20-55-39(51)18-17-32-28(8)35-21-33-26(6)30(12-2)37(47-33)22-34-27(7)31(13-3)38(48-34)23-36-29(9)40-44(50-36)41(43(32)49-35)42(45(40)52)46(53)54-10/h19,21-24,28,32,42,47-50H,11-18,20H2,1-10H3/b25-19-,34-22-,35-21-,38-23-,43-41-/t24-,28+,32+,42-/m1/s1. The van der Waals surface area contributed by atoms with E-state index >= 15 is 0 Å². The van der Waals surface area contributed by atoms with Crippen molar-refractivity contribution in [3.8, 4) is 0 Å². The number of H-pyrrole nitrogens is 3. The molecule has 9 nitrogen and oxygen atoms in total. The molecule has 55 heavy (non-hydrogen) atoms. The minimum Gasteiger partial charge on any atom is -0.468 e. The molecule has 4 atom stereocenters. The second-order valence-corrected chi connectivity index (χ2v) is 16.0. The second-order valence-electron chi connectivity index (χ2n) is 16.0. The van der Waals surface area contributed by atoms with E-state index in [1.54, 1.807) is 0 Å². The van der Waals surface area contributed by atoms with Crippen molar-refractivity contribution in [2.75, 3.05) is 13.7 Å². The molecule has 0 saturated carbocycles. The lowest BCUT2D eigenvalue weighted by atomic mass is 9.85. The molecule has 3 aromatic heterocycles. The summed E-state index contributed by atoms with van der Waals surface area (Å²) in [5, 5.41) is 5.74. The highest BCUT2D eigenvalue weighted by molar-refractivity contribution is 6.24. The monoisotopic (exact) mass is 748 g/mol. The van der Waals surface area contributed by atoms with Crippen molar-refractivity contribution in [2.24, 2.45) is 23.7 Å². The normalized spacial score (nSPS) is 23.0. The fraction of sp³-hybridized carbons (Fsp3) is 0.500. The molecule has 4 N–H and O–H groups in total. The number of esters is 2. The molecule has 1 saturated heterocycles. The number of ketones is 1. The third-order valence-corrected chi connectivity index (χ3v) is 12.6. The fourth-order valence-electron chi connectivity index (χ4n) is 8.88. The summed E-state index contributed by atoms with van der Waals surface area (Å²) in [5.74, 6) is -1.80. The summed E-state index contributed by atoms with van der Waals surface area (Å²) in [6, 6.07) is 0. The van der Waals surface area contributed by atoms with Gasteiger partial charge in [0.05, 0.1) is 12.8 Å². The van der Waals surface area contributed by atoms with Gasteiger partial charge < -0.3 is 29.7 Å². The molecular weight excluding hydrogens is 689 g/mol. The van der Waals surface area contributed by atoms with Crippen molar-refractivity contribution in [3.63, 3.8) is 0 Å². The van der Waals surface area contributed by atoms with Gasteiger partial charge in [-0.1, -0.05) is 53.0 Å². The van der Waals surface area contributed by atoms with Gasteiger partial charge in [0, 0.05) is 68.6 Å². The van der Waals surface area contributed by atoms with Crippen LogP contribution in [0.4, 0.5) is 0 Å². The van der Waals surface area contributed by atoms with Crippen molar-refractivity contribution >= 4 is 41.5 Å². The number of hydrogen-bond acceptors (Lipinski definition) is 6. The average Bonchev–Trinajstić information content (AvgIpc) is 3.90. The summed E-state index contributed by atoms with van der Waals surface area (Å²) < 4.78 is 11.0. The number of Topliss-reactive ketones (excluding diaryl/α,β-unsaturated/α-hetero) is 1. The van der Waals surface area contributed by atoms with Gasteiger partial charge in [-0.3, -0.25) is 14.4 Å². The first-order chi connectivity index (χ1) is 26.3. The third kappa shape index (κ3) is 7.59. The zero-order valence-electron chi connectivity index (χ0n) is 34.5. The van der Waals surface area contributed by atoms with Crippen LogP contribution in [0.1, 0.15) is 141 Å². The highest BCUT2D eigenvalue weighted by Crippen LogP contribution is 2.48. The van der Waals surface area contributed by atoms with E-state index < -0.39 is 11.9 Å². The quantitative estimate of drug-likeness (QED) is 0.0804. The smallest absolute Gasteiger partial charge is 0.321 e. The maximum Gasteiger partial charge on any atom is 0.321 e. The first-order valence-electron chi connectivity index (χ1n) is 20.3. The molecule has 5 heterocycles. The minimum absolute atomic E-state index is 0.0571. The van der Waals surface area contributed by atoms with Crippen molar-refractivity contribution in [1.82, 2.24) is 20.3 Å². The van der Waals surface area contributed by atoms with Crippen LogP contribution in [-0.4, -0.2) is 46.4 Å². The third-order valence-electron chi connectivity index (χ3n) is 12.6. The van der Waals surface area contributed by atoms with E-state index in [0.717, 1.165) is 76.3 Å². The van der Waals surface area contributed by atoms with Gasteiger partial charge in [0.2, 0.25) is 0 Å². The SMILES string of the molecule is CCc1c2[nH]c(c1C)/C=C1\N/C(=C3\c4[nH]c(c(C)c4C(=O)[C@@H]3C(=O)OC)/C=c3\[nH]/c(c(C)c3CC)=C\2)[C@@H](CCC(=O)OC/C=C(/C)CCC[C@H](C)CC)[C@@H]1C. The molecule has 3 aromatic rings. The first-order valence-corrected chi connectivity index (χ1v) is 20.3. The number of aromatic nitrogens is 3. The number of fused-ring (bicyclic) bond motifs is 7. The predicted molar refractivity (Wildman–Crippen MR) is 220 cm³/mol. The van der Waals surface area contributed by atoms with Crippen LogP contribution in [0.3, 0.4) is 0 Å². The molecular formula is C46H60N4O5. The maximum absolute atomic E-state index is 14.3. The van der Waals surface area contributed by atoms with E-state index in [1.165, 1.54) is 47.8 Å². The Labute approximate surface area is 325 Å². The zero-order valence-corrected chi connectivity index (χ0v) is 34.5. The fourth-order valence-corrected chi connectivity index (χ4v) is 8.88. The molecule has 2 aliphatic heterocycles. The summed E-state index contributed by atoms with van der Waals surface area (Å²) in [4.78, 5) is 52.1. The summed E-state index contributed by atoms with van der Waals surface area (Å²) >= 11 is 0. The van der Waals surface area contributed by atoms with Crippen molar-refractivity contribution in [3.05, 3.63) is 89.9 Å². The number of allylic oxidation sites excluding steroid dienone is 3. The van der Waals surface area contributed by atoms with Gasteiger partial charge in [-0.05, 0) is 118 Å². The molecule has 9 heteroatoms. The Kier molecular flexibility index (Phi) is 12.0. The number of carbonyl (C=O) groups excluding carboxylic acids is 3. The lowest BCUT2D eigenvalue weighted by Crippen LogP contribution is -2.25.